The molecule has 0 saturated carbocycles. The van der Waals surface area contributed by atoms with Gasteiger partial charge in [-0.2, -0.15) is 0 Å². The van der Waals surface area contributed by atoms with E-state index in [1.54, 1.807) is 24.3 Å². The zero-order valence-electron chi connectivity index (χ0n) is 33.6. The Kier molecular flexibility index (Phi) is 23.9. The number of aryl methyl sites for hydroxylation is 2. The average Bonchev–Trinajstić information content (AvgIpc) is 3.16. The van der Waals surface area contributed by atoms with Crippen LogP contribution in [0.25, 0.3) is 22.5 Å². The third kappa shape index (κ3) is 18.7. The van der Waals surface area contributed by atoms with E-state index in [1.807, 2.05) is 24.3 Å². The topological polar surface area (TPSA) is 66.2 Å². The van der Waals surface area contributed by atoms with Gasteiger partial charge in [0.15, 0.2) is 0 Å². The molecule has 0 atom stereocenters. The summed E-state index contributed by atoms with van der Waals surface area (Å²) in [4.78, 5) is 10.7. The molecule has 290 valence electrons. The summed E-state index contributed by atoms with van der Waals surface area (Å²) in [6.07, 6.45) is 39.5. The fraction of sp³-hybridized carbons (Fsp3) is 0.667. The molecule has 2 N–H and O–H groups in total. The number of nitrogens with zero attached hydrogens (tertiary/aromatic N) is 2. The molecule has 1 aromatic heterocycles. The van der Waals surface area contributed by atoms with Gasteiger partial charge in [0.2, 0.25) is 0 Å². The molecule has 2 aromatic carbocycles. The van der Waals surface area contributed by atoms with Crippen molar-refractivity contribution in [3.05, 3.63) is 59.9 Å². The highest BCUT2D eigenvalue weighted by Gasteiger charge is 2.17. The number of hydrogen-bond donors (Lipinski definition) is 2. The normalized spacial score (nSPS) is 11.4. The first-order valence-corrected chi connectivity index (χ1v) is 22.1. The molecule has 4 heteroatoms. The second-order valence-corrected chi connectivity index (χ2v) is 15.6. The number of phenols is 2. The third-order valence-corrected chi connectivity index (χ3v) is 10.9. The Labute approximate surface area is 319 Å². The fourth-order valence-electron chi connectivity index (χ4n) is 7.53. The van der Waals surface area contributed by atoms with Gasteiger partial charge in [-0.15, -0.1) is 0 Å². The van der Waals surface area contributed by atoms with E-state index in [4.69, 9.17) is 9.97 Å². The van der Waals surface area contributed by atoms with Gasteiger partial charge in [-0.1, -0.05) is 181 Å². The van der Waals surface area contributed by atoms with Gasteiger partial charge in [-0.05, 0) is 74.2 Å². The monoisotopic (exact) mass is 713 g/mol. The van der Waals surface area contributed by atoms with Crippen molar-refractivity contribution >= 4 is 0 Å². The van der Waals surface area contributed by atoms with Crippen molar-refractivity contribution in [3.63, 3.8) is 0 Å². The molecule has 0 aliphatic carbocycles. The summed E-state index contributed by atoms with van der Waals surface area (Å²) in [7, 11) is 0. The van der Waals surface area contributed by atoms with Crippen LogP contribution >= 0.6 is 0 Å². The molecule has 3 rings (SSSR count). The Morgan fingerprint density at radius 3 is 0.808 bits per heavy atom. The average molecular weight is 713 g/mol. The van der Waals surface area contributed by atoms with Crippen molar-refractivity contribution in [2.45, 2.75) is 206 Å². The Morgan fingerprint density at radius 2 is 0.558 bits per heavy atom. The smallest absolute Gasteiger partial charge is 0.115 e. The number of hydrogen-bond acceptors (Lipinski definition) is 4. The van der Waals surface area contributed by atoms with E-state index in [1.165, 1.54) is 167 Å². The number of rotatable bonds is 32. The second kappa shape index (κ2) is 28.6. The first-order valence-electron chi connectivity index (χ1n) is 22.1. The molecule has 0 saturated heterocycles. The van der Waals surface area contributed by atoms with E-state index in [-0.39, 0.29) is 11.5 Å². The lowest BCUT2D eigenvalue weighted by Crippen LogP contribution is -2.06. The first kappa shape index (κ1) is 43.5. The third-order valence-electron chi connectivity index (χ3n) is 10.9. The second-order valence-electron chi connectivity index (χ2n) is 15.6. The van der Waals surface area contributed by atoms with Crippen LogP contribution in [0.3, 0.4) is 0 Å². The zero-order valence-corrected chi connectivity index (χ0v) is 33.6. The van der Waals surface area contributed by atoms with Crippen LogP contribution in [0.1, 0.15) is 205 Å². The summed E-state index contributed by atoms with van der Waals surface area (Å²) in [6.45, 7) is 4.58. The Bertz CT molecular complexity index is 1190. The zero-order chi connectivity index (χ0) is 36.9. The molecule has 4 nitrogen and oxygen atoms in total. The van der Waals surface area contributed by atoms with Gasteiger partial charge in [0.1, 0.15) is 11.5 Å². The number of aromatic hydroxyl groups is 2. The van der Waals surface area contributed by atoms with E-state index in [0.717, 1.165) is 59.6 Å². The minimum Gasteiger partial charge on any atom is -0.508 e. The summed E-state index contributed by atoms with van der Waals surface area (Å²) >= 11 is 0. The Hall–Kier alpha value is -2.88. The maximum Gasteiger partial charge on any atom is 0.115 e. The van der Waals surface area contributed by atoms with Crippen LogP contribution in [-0.4, -0.2) is 20.2 Å². The van der Waals surface area contributed by atoms with Gasteiger partial charge < -0.3 is 10.2 Å². The van der Waals surface area contributed by atoms with Gasteiger partial charge in [0.05, 0.1) is 22.8 Å². The first-order chi connectivity index (χ1) is 25.6. The van der Waals surface area contributed by atoms with Crippen LogP contribution in [0.4, 0.5) is 0 Å². The van der Waals surface area contributed by atoms with E-state index < -0.39 is 0 Å². The standard InChI is InChI=1S/C48H76N2O2/c1-3-5-7-9-11-13-15-17-19-21-23-25-27-29-31-45-47(41-33-37-43(51)38-34-41)50-46(48(49-45)42-35-39-44(52)40-36-42)32-30-28-26-24-22-20-18-16-14-12-10-8-6-4-2/h33-40,51-52H,3-32H2,1-2H3. The minimum absolute atomic E-state index is 0.272. The van der Waals surface area contributed by atoms with Gasteiger partial charge in [-0.25, -0.2) is 9.97 Å². The van der Waals surface area contributed by atoms with Gasteiger partial charge in [-0.3, -0.25) is 0 Å². The molecule has 0 aliphatic rings. The van der Waals surface area contributed by atoms with Crippen LogP contribution < -0.4 is 0 Å². The summed E-state index contributed by atoms with van der Waals surface area (Å²) < 4.78 is 0. The number of benzene rings is 2. The fourth-order valence-corrected chi connectivity index (χ4v) is 7.53. The molecule has 0 amide bonds. The number of phenolic OH excluding ortho intramolecular Hbond substituents is 2. The van der Waals surface area contributed by atoms with Crippen LogP contribution in [-0.2, 0) is 12.8 Å². The van der Waals surface area contributed by atoms with Crippen molar-refractivity contribution in [1.82, 2.24) is 9.97 Å². The largest absolute Gasteiger partial charge is 0.508 e. The Balaban J connectivity index is 1.51. The lowest BCUT2D eigenvalue weighted by molar-refractivity contribution is 0.475. The lowest BCUT2D eigenvalue weighted by atomic mass is 9.99. The minimum atomic E-state index is 0.272. The number of aromatic nitrogens is 2. The molecule has 52 heavy (non-hydrogen) atoms. The molecule has 0 bridgehead atoms. The molecule has 0 radical (unpaired) electrons. The van der Waals surface area contributed by atoms with Crippen LogP contribution in [0.2, 0.25) is 0 Å². The summed E-state index contributed by atoms with van der Waals surface area (Å²) in [5, 5.41) is 20.1. The van der Waals surface area contributed by atoms with Gasteiger partial charge in [0.25, 0.3) is 0 Å². The van der Waals surface area contributed by atoms with E-state index >= 15 is 0 Å². The van der Waals surface area contributed by atoms with Crippen molar-refractivity contribution in [3.8, 4) is 34.0 Å². The van der Waals surface area contributed by atoms with E-state index in [0.29, 0.717) is 0 Å². The maximum atomic E-state index is 10.0. The lowest BCUT2D eigenvalue weighted by Gasteiger charge is -2.16. The summed E-state index contributed by atoms with van der Waals surface area (Å²) in [5.74, 6) is 0.544. The highest BCUT2D eigenvalue weighted by molar-refractivity contribution is 5.68. The summed E-state index contributed by atoms with van der Waals surface area (Å²) in [6, 6.07) is 14.9. The van der Waals surface area contributed by atoms with Crippen LogP contribution in [0.5, 0.6) is 11.5 Å². The summed E-state index contributed by atoms with van der Waals surface area (Å²) in [5.41, 5.74) is 6.03. The van der Waals surface area contributed by atoms with Crippen LogP contribution in [0, 0.1) is 0 Å². The molecule has 0 fully saturated rings. The van der Waals surface area contributed by atoms with Gasteiger partial charge >= 0.3 is 0 Å². The highest BCUT2D eigenvalue weighted by Crippen LogP contribution is 2.31. The molecule has 1 heterocycles. The highest BCUT2D eigenvalue weighted by atomic mass is 16.3. The predicted octanol–water partition coefficient (Wildman–Crippen LogP) is 15.3. The Morgan fingerprint density at radius 1 is 0.327 bits per heavy atom. The van der Waals surface area contributed by atoms with Crippen molar-refractivity contribution < 1.29 is 10.2 Å². The molecular formula is C48H76N2O2. The molecule has 0 unspecified atom stereocenters. The van der Waals surface area contributed by atoms with Crippen molar-refractivity contribution in [1.29, 1.82) is 0 Å². The van der Waals surface area contributed by atoms with Crippen molar-refractivity contribution in [2.75, 3.05) is 0 Å². The maximum absolute atomic E-state index is 10.0. The molecule has 0 spiro atoms. The van der Waals surface area contributed by atoms with E-state index in [2.05, 4.69) is 13.8 Å². The molecular weight excluding hydrogens is 637 g/mol. The van der Waals surface area contributed by atoms with Crippen molar-refractivity contribution in [2.24, 2.45) is 0 Å². The quantitative estimate of drug-likeness (QED) is 0.0632. The molecule has 3 aromatic rings. The molecule has 0 aliphatic heterocycles. The number of unbranched alkanes of at least 4 members (excludes halogenated alkanes) is 26. The van der Waals surface area contributed by atoms with Crippen LogP contribution in [0.15, 0.2) is 48.5 Å². The van der Waals surface area contributed by atoms with E-state index in [9.17, 15) is 10.2 Å². The SMILES string of the molecule is CCCCCCCCCCCCCCCCc1nc(-c2ccc(O)cc2)c(CCCCCCCCCCCCCCCC)nc1-c1ccc(O)cc1. The van der Waals surface area contributed by atoms with Gasteiger partial charge in [0, 0.05) is 11.1 Å². The predicted molar refractivity (Wildman–Crippen MR) is 224 cm³/mol.